The summed E-state index contributed by atoms with van der Waals surface area (Å²) in [6, 6.07) is 7.79. The molecule has 0 fully saturated rings. The van der Waals surface area contributed by atoms with Crippen LogP contribution in [-0.4, -0.2) is 38.8 Å². The van der Waals surface area contributed by atoms with Crippen LogP contribution in [0.4, 0.5) is 15.9 Å². The number of carbonyl (C=O) groups is 1. The molecule has 0 aliphatic rings. The zero-order chi connectivity index (χ0) is 26.5. The largest absolute Gasteiger partial charge is 0.489 e. The highest BCUT2D eigenvalue weighted by atomic mass is 32.1. The highest BCUT2D eigenvalue weighted by molar-refractivity contribution is 7.13. The van der Waals surface area contributed by atoms with Gasteiger partial charge in [-0.05, 0) is 83.7 Å². The molecule has 36 heavy (non-hydrogen) atoms. The van der Waals surface area contributed by atoms with E-state index >= 15 is 0 Å². The maximum atomic E-state index is 12.5. The number of anilines is 2. The van der Waals surface area contributed by atoms with Gasteiger partial charge in [-0.1, -0.05) is 13.8 Å². The molecule has 0 bridgehead atoms. The molecule has 1 atom stereocenters. The summed E-state index contributed by atoms with van der Waals surface area (Å²) in [5, 5.41) is 8.76. The average molecular weight is 512 g/mol. The zero-order valence-electron chi connectivity index (χ0n) is 22.4. The van der Waals surface area contributed by atoms with Crippen LogP contribution in [0.3, 0.4) is 0 Å². The lowest BCUT2D eigenvalue weighted by atomic mass is 9.95. The molecule has 3 rings (SSSR count). The number of rotatable bonds is 9. The first-order valence-corrected chi connectivity index (χ1v) is 13.0. The van der Waals surface area contributed by atoms with Crippen LogP contribution in [0.5, 0.6) is 5.75 Å². The summed E-state index contributed by atoms with van der Waals surface area (Å²) < 4.78 is 12.0. The second kappa shape index (κ2) is 11.2. The molecule has 1 amide bonds. The monoisotopic (exact) mass is 511 g/mol. The quantitative estimate of drug-likeness (QED) is 0.331. The third-order valence-electron chi connectivity index (χ3n) is 5.15. The minimum atomic E-state index is -0.768. The number of nitrogens with zero attached hydrogens (tertiary/aromatic N) is 3. The Morgan fingerprint density at radius 3 is 2.47 bits per heavy atom. The van der Waals surface area contributed by atoms with E-state index in [0.29, 0.717) is 18.3 Å². The van der Waals surface area contributed by atoms with Crippen molar-refractivity contribution in [3.8, 4) is 17.0 Å². The van der Waals surface area contributed by atoms with Gasteiger partial charge >= 0.3 is 6.09 Å². The number of amides is 1. The normalized spacial score (nSPS) is 13.2. The fourth-order valence-electron chi connectivity index (χ4n) is 3.84. The second-order valence-electron chi connectivity index (χ2n) is 10.8. The van der Waals surface area contributed by atoms with E-state index in [0.717, 1.165) is 33.4 Å². The molecule has 2 N–H and O–H groups in total. The van der Waals surface area contributed by atoms with E-state index in [1.165, 1.54) is 11.3 Å². The number of hydrogen-bond donors (Lipinski definition) is 2. The Balaban J connectivity index is 1.71. The molecular formula is C27H37N5O3S. The molecule has 3 aromatic rings. The molecule has 8 nitrogen and oxygen atoms in total. The van der Waals surface area contributed by atoms with Crippen molar-refractivity contribution >= 4 is 28.5 Å². The van der Waals surface area contributed by atoms with E-state index in [9.17, 15) is 4.79 Å². The van der Waals surface area contributed by atoms with Gasteiger partial charge in [-0.3, -0.25) is 0 Å². The van der Waals surface area contributed by atoms with Crippen LogP contribution in [0.15, 0.2) is 35.8 Å². The zero-order valence-corrected chi connectivity index (χ0v) is 23.2. The second-order valence-corrected chi connectivity index (χ2v) is 11.6. The molecule has 9 heteroatoms. The number of thiazole rings is 1. The molecule has 0 radical (unpaired) electrons. The summed E-state index contributed by atoms with van der Waals surface area (Å²) in [5.41, 5.74) is 2.51. The van der Waals surface area contributed by atoms with Crippen LogP contribution in [0, 0.1) is 19.8 Å². The molecule has 194 valence electrons. The molecule has 0 aliphatic carbocycles. The lowest BCUT2D eigenvalue weighted by Gasteiger charge is -2.33. The van der Waals surface area contributed by atoms with Crippen LogP contribution in [0.25, 0.3) is 11.3 Å². The van der Waals surface area contributed by atoms with Crippen LogP contribution in [-0.2, 0) is 4.74 Å². The SMILES string of the molecule is Cc1csc(Nc2nccc(-c3ccc(OC[C@](C)(CC(C)C)OC(=O)NC(C)(C)C)c(C)c3)n2)n1. The van der Waals surface area contributed by atoms with Crippen molar-refractivity contribution in [1.82, 2.24) is 20.3 Å². The standard InChI is InChI=1S/C27H37N5O3S/c1-17(2)14-27(8,35-25(33)32-26(5,6)7)16-34-22-10-9-20(13-18(22)3)21-11-12-28-23(30-21)31-24-29-19(4)15-36-24/h9-13,15,17H,14,16H2,1-8H3,(H,32,33)(H,28,29,30,31)/t27-/m0/s1. The van der Waals surface area contributed by atoms with Crippen LogP contribution in [0.1, 0.15) is 59.2 Å². The van der Waals surface area contributed by atoms with Crippen molar-refractivity contribution in [1.29, 1.82) is 0 Å². The van der Waals surface area contributed by atoms with E-state index in [4.69, 9.17) is 9.47 Å². The molecular weight excluding hydrogens is 474 g/mol. The smallest absolute Gasteiger partial charge is 0.408 e. The van der Waals surface area contributed by atoms with Gasteiger partial charge in [0.15, 0.2) is 5.13 Å². The minimum Gasteiger partial charge on any atom is -0.489 e. The molecule has 2 heterocycles. The van der Waals surface area contributed by atoms with Crippen molar-refractivity contribution in [2.45, 2.75) is 73.0 Å². The Kier molecular flexibility index (Phi) is 8.55. The summed E-state index contributed by atoms with van der Waals surface area (Å²) in [5.74, 6) is 1.56. The molecule has 0 spiro atoms. The first kappa shape index (κ1) is 27.4. The summed E-state index contributed by atoms with van der Waals surface area (Å²) >= 11 is 1.51. The van der Waals surface area contributed by atoms with Gasteiger partial charge in [0.05, 0.1) is 11.4 Å². The number of aryl methyl sites for hydroxylation is 2. The Hall–Kier alpha value is -3.20. The van der Waals surface area contributed by atoms with Gasteiger partial charge in [0, 0.05) is 22.7 Å². The van der Waals surface area contributed by atoms with Gasteiger partial charge in [0.25, 0.3) is 0 Å². The average Bonchev–Trinajstić information content (AvgIpc) is 3.15. The maximum Gasteiger partial charge on any atom is 0.408 e. The van der Waals surface area contributed by atoms with Gasteiger partial charge in [0.2, 0.25) is 5.95 Å². The third kappa shape index (κ3) is 8.19. The molecule has 1 aromatic carbocycles. The number of aromatic nitrogens is 3. The van der Waals surface area contributed by atoms with E-state index < -0.39 is 11.7 Å². The highest BCUT2D eigenvalue weighted by Gasteiger charge is 2.32. The molecule has 0 saturated heterocycles. The predicted molar refractivity (Wildman–Crippen MR) is 145 cm³/mol. The predicted octanol–water partition coefficient (Wildman–Crippen LogP) is 6.67. The summed E-state index contributed by atoms with van der Waals surface area (Å²) in [7, 11) is 0. The number of nitrogens with one attached hydrogen (secondary N) is 2. The Morgan fingerprint density at radius 2 is 1.86 bits per heavy atom. The van der Waals surface area contributed by atoms with Gasteiger partial charge < -0.3 is 20.1 Å². The minimum absolute atomic E-state index is 0.248. The Bertz CT molecular complexity index is 1190. The van der Waals surface area contributed by atoms with E-state index in [1.54, 1.807) is 6.20 Å². The van der Waals surface area contributed by atoms with Crippen LogP contribution < -0.4 is 15.4 Å². The van der Waals surface area contributed by atoms with Gasteiger partial charge in [0.1, 0.15) is 18.0 Å². The number of hydrogen-bond acceptors (Lipinski definition) is 8. The lowest BCUT2D eigenvalue weighted by molar-refractivity contribution is -0.0251. The van der Waals surface area contributed by atoms with Crippen molar-refractivity contribution in [2.24, 2.45) is 5.92 Å². The van der Waals surface area contributed by atoms with Crippen LogP contribution >= 0.6 is 11.3 Å². The number of carbonyl (C=O) groups excluding carboxylic acids is 1. The number of benzene rings is 1. The summed E-state index contributed by atoms with van der Waals surface area (Å²) in [6.45, 7) is 16.1. The Labute approximate surface area is 217 Å². The van der Waals surface area contributed by atoms with Crippen molar-refractivity contribution in [3.63, 3.8) is 0 Å². The topological polar surface area (TPSA) is 98.3 Å². The van der Waals surface area contributed by atoms with Crippen LogP contribution in [0.2, 0.25) is 0 Å². The molecule has 0 unspecified atom stereocenters. The van der Waals surface area contributed by atoms with Gasteiger partial charge in [-0.25, -0.2) is 19.7 Å². The fourth-order valence-corrected chi connectivity index (χ4v) is 4.52. The summed E-state index contributed by atoms with van der Waals surface area (Å²) in [4.78, 5) is 25.8. The maximum absolute atomic E-state index is 12.5. The number of alkyl carbamates (subject to hydrolysis) is 1. The molecule has 0 aliphatic heterocycles. The lowest BCUT2D eigenvalue weighted by Crippen LogP contribution is -2.47. The van der Waals surface area contributed by atoms with Gasteiger partial charge in [-0.15, -0.1) is 11.3 Å². The number of ether oxygens (including phenoxy) is 2. The van der Waals surface area contributed by atoms with E-state index in [1.807, 2.05) is 71.2 Å². The first-order chi connectivity index (χ1) is 16.8. The van der Waals surface area contributed by atoms with Crippen molar-refractivity contribution in [2.75, 3.05) is 11.9 Å². The van der Waals surface area contributed by atoms with E-state index in [2.05, 4.69) is 39.4 Å². The van der Waals surface area contributed by atoms with Gasteiger partial charge in [-0.2, -0.15) is 0 Å². The Morgan fingerprint density at radius 1 is 1.11 bits per heavy atom. The highest BCUT2D eigenvalue weighted by Crippen LogP contribution is 2.29. The first-order valence-electron chi connectivity index (χ1n) is 12.1. The third-order valence-corrected chi connectivity index (χ3v) is 6.03. The fraction of sp³-hybridized carbons (Fsp3) is 0.481. The van der Waals surface area contributed by atoms with E-state index in [-0.39, 0.29) is 12.1 Å². The van der Waals surface area contributed by atoms with Crippen molar-refractivity contribution < 1.29 is 14.3 Å². The van der Waals surface area contributed by atoms with Crippen molar-refractivity contribution in [3.05, 3.63) is 47.1 Å². The molecule has 0 saturated carbocycles. The molecule has 2 aromatic heterocycles. The summed E-state index contributed by atoms with van der Waals surface area (Å²) in [6.07, 6.45) is 1.96.